The standard InChI is InChI=1S/C11H13ClN2O/c1-7(5-13)2-8-3-9(12)4-10-11(8)15-6-14-10/h3-4,6-7H,2,5,13H2,1H3. The van der Waals surface area contributed by atoms with E-state index in [2.05, 4.69) is 11.9 Å². The maximum absolute atomic E-state index is 5.99. The van der Waals surface area contributed by atoms with Crippen LogP contribution in [0.15, 0.2) is 22.9 Å². The molecule has 0 saturated heterocycles. The molecule has 0 radical (unpaired) electrons. The molecule has 2 aromatic rings. The van der Waals surface area contributed by atoms with Crippen molar-refractivity contribution in [3.8, 4) is 0 Å². The Morgan fingerprint density at radius 2 is 2.33 bits per heavy atom. The molecular weight excluding hydrogens is 212 g/mol. The molecule has 1 aromatic carbocycles. The molecule has 2 N–H and O–H groups in total. The Morgan fingerprint density at radius 3 is 3.07 bits per heavy atom. The lowest BCUT2D eigenvalue weighted by Crippen LogP contribution is -2.13. The number of halogens is 1. The van der Waals surface area contributed by atoms with Gasteiger partial charge in [-0.2, -0.15) is 0 Å². The largest absolute Gasteiger partial charge is 0.443 e. The first-order valence-electron chi connectivity index (χ1n) is 4.92. The van der Waals surface area contributed by atoms with Gasteiger partial charge in [0.15, 0.2) is 12.0 Å². The molecule has 15 heavy (non-hydrogen) atoms. The third-order valence-electron chi connectivity index (χ3n) is 2.44. The average molecular weight is 225 g/mol. The monoisotopic (exact) mass is 224 g/mol. The molecule has 0 amide bonds. The molecule has 2 rings (SSSR count). The minimum Gasteiger partial charge on any atom is -0.443 e. The van der Waals surface area contributed by atoms with Crippen molar-refractivity contribution in [2.24, 2.45) is 11.7 Å². The topological polar surface area (TPSA) is 52.0 Å². The summed E-state index contributed by atoms with van der Waals surface area (Å²) in [4.78, 5) is 4.09. The van der Waals surface area contributed by atoms with E-state index >= 15 is 0 Å². The van der Waals surface area contributed by atoms with E-state index in [1.807, 2.05) is 6.07 Å². The molecule has 3 nitrogen and oxygen atoms in total. The van der Waals surface area contributed by atoms with E-state index in [0.29, 0.717) is 17.5 Å². The molecule has 0 spiro atoms. The molecule has 0 aliphatic heterocycles. The van der Waals surface area contributed by atoms with Crippen LogP contribution in [0, 0.1) is 5.92 Å². The zero-order chi connectivity index (χ0) is 10.8. The second-order valence-corrected chi connectivity index (χ2v) is 4.25. The zero-order valence-corrected chi connectivity index (χ0v) is 9.29. The highest BCUT2D eigenvalue weighted by atomic mass is 35.5. The van der Waals surface area contributed by atoms with Crippen molar-refractivity contribution in [1.29, 1.82) is 0 Å². The number of aromatic nitrogens is 1. The molecule has 0 aliphatic carbocycles. The quantitative estimate of drug-likeness (QED) is 0.872. The Hall–Kier alpha value is -1.06. The lowest BCUT2D eigenvalue weighted by Gasteiger charge is -2.08. The maximum Gasteiger partial charge on any atom is 0.181 e. The van der Waals surface area contributed by atoms with Crippen LogP contribution in [0.25, 0.3) is 11.1 Å². The number of rotatable bonds is 3. The van der Waals surface area contributed by atoms with E-state index in [1.165, 1.54) is 6.39 Å². The molecular formula is C11H13ClN2O. The summed E-state index contributed by atoms with van der Waals surface area (Å²) in [5.41, 5.74) is 8.30. The Bertz CT molecular complexity index is 467. The molecule has 1 unspecified atom stereocenters. The highest BCUT2D eigenvalue weighted by Gasteiger charge is 2.10. The van der Waals surface area contributed by atoms with Crippen molar-refractivity contribution in [3.05, 3.63) is 29.1 Å². The summed E-state index contributed by atoms with van der Waals surface area (Å²) in [6.45, 7) is 2.76. The predicted octanol–water partition coefficient (Wildman–Crippen LogP) is 2.62. The fourth-order valence-corrected chi connectivity index (χ4v) is 1.85. The average Bonchev–Trinajstić information content (AvgIpc) is 2.65. The van der Waals surface area contributed by atoms with E-state index in [-0.39, 0.29) is 0 Å². The minimum atomic E-state index is 0.414. The maximum atomic E-state index is 5.99. The molecule has 0 bridgehead atoms. The van der Waals surface area contributed by atoms with Crippen LogP contribution in [0.3, 0.4) is 0 Å². The number of hydrogen-bond donors (Lipinski definition) is 1. The van der Waals surface area contributed by atoms with Gasteiger partial charge in [0.05, 0.1) is 0 Å². The molecule has 80 valence electrons. The Kier molecular flexibility index (Phi) is 2.93. The minimum absolute atomic E-state index is 0.414. The van der Waals surface area contributed by atoms with Gasteiger partial charge in [-0.15, -0.1) is 0 Å². The summed E-state index contributed by atoms with van der Waals surface area (Å²) in [6.07, 6.45) is 2.31. The van der Waals surface area contributed by atoms with E-state index in [0.717, 1.165) is 23.1 Å². The number of benzene rings is 1. The molecule has 1 aromatic heterocycles. The van der Waals surface area contributed by atoms with Crippen molar-refractivity contribution in [3.63, 3.8) is 0 Å². The Labute approximate surface area is 93.2 Å². The summed E-state index contributed by atoms with van der Waals surface area (Å²) in [5.74, 6) is 0.414. The predicted molar refractivity (Wildman–Crippen MR) is 60.9 cm³/mol. The first kappa shape index (κ1) is 10.5. The lowest BCUT2D eigenvalue weighted by atomic mass is 10.0. The first-order valence-corrected chi connectivity index (χ1v) is 5.30. The van der Waals surface area contributed by atoms with Gasteiger partial charge in [-0.05, 0) is 36.6 Å². The van der Waals surface area contributed by atoms with Crippen LogP contribution in [0.4, 0.5) is 0 Å². The second-order valence-electron chi connectivity index (χ2n) is 3.81. The fourth-order valence-electron chi connectivity index (χ4n) is 1.61. The molecule has 4 heteroatoms. The number of hydrogen-bond acceptors (Lipinski definition) is 3. The van der Waals surface area contributed by atoms with E-state index in [1.54, 1.807) is 6.07 Å². The van der Waals surface area contributed by atoms with E-state index in [4.69, 9.17) is 21.8 Å². The molecule has 0 fully saturated rings. The highest BCUT2D eigenvalue weighted by molar-refractivity contribution is 6.31. The van der Waals surface area contributed by atoms with Crippen molar-refractivity contribution >= 4 is 22.7 Å². The van der Waals surface area contributed by atoms with Gasteiger partial charge in [0.2, 0.25) is 0 Å². The number of nitrogens with two attached hydrogens (primary N) is 1. The first-order chi connectivity index (χ1) is 7.20. The van der Waals surface area contributed by atoms with Gasteiger partial charge >= 0.3 is 0 Å². The summed E-state index contributed by atoms with van der Waals surface area (Å²) in [6, 6.07) is 3.72. The number of nitrogens with zero attached hydrogens (tertiary/aromatic N) is 1. The summed E-state index contributed by atoms with van der Waals surface area (Å²) >= 11 is 5.99. The van der Waals surface area contributed by atoms with Crippen molar-refractivity contribution in [1.82, 2.24) is 4.98 Å². The van der Waals surface area contributed by atoms with Crippen LogP contribution >= 0.6 is 11.6 Å². The third-order valence-corrected chi connectivity index (χ3v) is 2.66. The van der Waals surface area contributed by atoms with Gasteiger partial charge in [-0.1, -0.05) is 18.5 Å². The summed E-state index contributed by atoms with van der Waals surface area (Å²) in [7, 11) is 0. The highest BCUT2D eigenvalue weighted by Crippen LogP contribution is 2.24. The van der Waals surface area contributed by atoms with Gasteiger partial charge in [-0.3, -0.25) is 0 Å². The smallest absolute Gasteiger partial charge is 0.181 e. The van der Waals surface area contributed by atoms with Crippen molar-refractivity contribution in [2.45, 2.75) is 13.3 Å². The molecule has 0 aliphatic rings. The Balaban J connectivity index is 2.44. The normalized spacial score (nSPS) is 13.3. The van der Waals surface area contributed by atoms with Crippen LogP contribution in [0.2, 0.25) is 5.02 Å². The molecule has 1 atom stereocenters. The second kappa shape index (κ2) is 4.21. The van der Waals surface area contributed by atoms with E-state index in [9.17, 15) is 0 Å². The third kappa shape index (κ3) is 2.13. The van der Waals surface area contributed by atoms with Crippen LogP contribution in [-0.2, 0) is 6.42 Å². The van der Waals surface area contributed by atoms with Crippen LogP contribution in [0.1, 0.15) is 12.5 Å². The number of fused-ring (bicyclic) bond motifs is 1. The van der Waals surface area contributed by atoms with Crippen molar-refractivity contribution < 1.29 is 4.42 Å². The molecule has 0 saturated carbocycles. The summed E-state index contributed by atoms with van der Waals surface area (Å²) < 4.78 is 5.34. The summed E-state index contributed by atoms with van der Waals surface area (Å²) in [5, 5.41) is 0.690. The fraction of sp³-hybridized carbons (Fsp3) is 0.364. The van der Waals surface area contributed by atoms with Gasteiger partial charge in [-0.25, -0.2) is 4.98 Å². The van der Waals surface area contributed by atoms with Crippen LogP contribution < -0.4 is 5.73 Å². The SMILES string of the molecule is CC(CN)Cc1cc(Cl)cc2ncoc12. The van der Waals surface area contributed by atoms with Gasteiger partial charge in [0.1, 0.15) is 5.52 Å². The zero-order valence-electron chi connectivity index (χ0n) is 8.53. The van der Waals surface area contributed by atoms with Gasteiger partial charge < -0.3 is 10.2 Å². The Morgan fingerprint density at radius 1 is 1.53 bits per heavy atom. The molecule has 1 heterocycles. The van der Waals surface area contributed by atoms with Crippen LogP contribution in [0.5, 0.6) is 0 Å². The van der Waals surface area contributed by atoms with E-state index < -0.39 is 0 Å². The number of oxazole rings is 1. The van der Waals surface area contributed by atoms with Crippen LogP contribution in [-0.4, -0.2) is 11.5 Å². The van der Waals surface area contributed by atoms with Crippen molar-refractivity contribution in [2.75, 3.05) is 6.54 Å². The van der Waals surface area contributed by atoms with Gasteiger partial charge in [0, 0.05) is 5.02 Å². The lowest BCUT2D eigenvalue weighted by molar-refractivity contribution is 0.569. The van der Waals surface area contributed by atoms with Gasteiger partial charge in [0.25, 0.3) is 0 Å².